The van der Waals surface area contributed by atoms with Crippen molar-refractivity contribution >= 4 is 11.8 Å². The third-order valence-electron chi connectivity index (χ3n) is 3.08. The third kappa shape index (κ3) is 4.46. The van der Waals surface area contributed by atoms with E-state index in [0.717, 1.165) is 12.0 Å². The highest BCUT2D eigenvalue weighted by Crippen LogP contribution is 2.05. The molecule has 2 rings (SSSR count). The Morgan fingerprint density at radius 2 is 1.82 bits per heavy atom. The van der Waals surface area contributed by atoms with Crippen LogP contribution in [0.25, 0.3) is 0 Å². The van der Waals surface area contributed by atoms with Gasteiger partial charge in [0.1, 0.15) is 0 Å². The van der Waals surface area contributed by atoms with Crippen LogP contribution in [0.4, 0.5) is 0 Å². The Morgan fingerprint density at radius 1 is 1.05 bits per heavy atom. The Bertz CT molecular complexity index is 606. The van der Waals surface area contributed by atoms with E-state index in [-0.39, 0.29) is 17.6 Å². The molecule has 0 aliphatic carbocycles. The van der Waals surface area contributed by atoms with Crippen molar-refractivity contribution in [1.29, 1.82) is 0 Å². The molecule has 1 aromatic carbocycles. The fourth-order valence-electron chi connectivity index (χ4n) is 1.86. The summed E-state index contributed by atoms with van der Waals surface area (Å²) in [5.41, 5.74) is 6.86. The van der Waals surface area contributed by atoms with Crippen molar-refractivity contribution in [3.63, 3.8) is 0 Å². The van der Waals surface area contributed by atoms with E-state index in [1.165, 1.54) is 6.26 Å². The number of furan rings is 1. The minimum atomic E-state index is -0.270. The molecule has 0 unspecified atom stereocenters. The number of amides is 2. The molecule has 0 fully saturated rings. The number of carbonyl (C=O) groups is 2. The van der Waals surface area contributed by atoms with Gasteiger partial charge >= 0.3 is 0 Å². The highest BCUT2D eigenvalue weighted by molar-refractivity contribution is 5.94. The molecule has 22 heavy (non-hydrogen) atoms. The van der Waals surface area contributed by atoms with Gasteiger partial charge in [-0.15, -0.1) is 0 Å². The molecule has 0 aliphatic heterocycles. The molecule has 2 amide bonds. The minimum absolute atomic E-state index is 0.125. The SMILES string of the molecule is NCCCNC(=O)c1ccc(CNC(=O)c2ccco2)cc1. The quantitative estimate of drug-likeness (QED) is 0.671. The van der Waals surface area contributed by atoms with Crippen LogP contribution in [0.1, 0.15) is 32.9 Å². The van der Waals surface area contributed by atoms with Gasteiger partial charge in [0.15, 0.2) is 5.76 Å². The maximum Gasteiger partial charge on any atom is 0.287 e. The van der Waals surface area contributed by atoms with Crippen LogP contribution >= 0.6 is 0 Å². The van der Waals surface area contributed by atoms with Crippen LogP contribution in [0, 0.1) is 0 Å². The molecule has 116 valence electrons. The van der Waals surface area contributed by atoms with Gasteiger partial charge in [-0.2, -0.15) is 0 Å². The maximum atomic E-state index is 11.8. The van der Waals surface area contributed by atoms with E-state index in [9.17, 15) is 9.59 Å². The van der Waals surface area contributed by atoms with Crippen molar-refractivity contribution in [1.82, 2.24) is 10.6 Å². The standard InChI is InChI=1S/C16H19N3O3/c17-8-2-9-18-15(20)13-6-4-12(5-7-13)11-19-16(21)14-3-1-10-22-14/h1,3-7,10H,2,8-9,11,17H2,(H,18,20)(H,19,21). The predicted octanol–water partition coefficient (Wildman–Crippen LogP) is 1.29. The lowest BCUT2D eigenvalue weighted by molar-refractivity contribution is 0.0920. The highest BCUT2D eigenvalue weighted by atomic mass is 16.3. The summed E-state index contributed by atoms with van der Waals surface area (Å²) in [6.45, 7) is 1.49. The molecule has 0 radical (unpaired) electrons. The second kappa shape index (κ2) is 7.99. The molecule has 6 heteroatoms. The smallest absolute Gasteiger partial charge is 0.287 e. The first kappa shape index (κ1) is 15.8. The van der Waals surface area contributed by atoms with Crippen molar-refractivity contribution in [2.45, 2.75) is 13.0 Å². The summed E-state index contributed by atoms with van der Waals surface area (Å²) in [5.74, 6) is -0.121. The van der Waals surface area contributed by atoms with Gasteiger partial charge in [0.2, 0.25) is 0 Å². The summed E-state index contributed by atoms with van der Waals surface area (Å²) in [5, 5.41) is 5.53. The highest BCUT2D eigenvalue weighted by Gasteiger charge is 2.08. The van der Waals surface area contributed by atoms with Crippen LogP contribution in [-0.4, -0.2) is 24.9 Å². The largest absolute Gasteiger partial charge is 0.459 e. The van der Waals surface area contributed by atoms with Crippen molar-refractivity contribution in [3.05, 3.63) is 59.5 Å². The number of hydrogen-bond acceptors (Lipinski definition) is 4. The van der Waals surface area contributed by atoms with Crippen molar-refractivity contribution in [2.24, 2.45) is 5.73 Å². The van der Waals surface area contributed by atoms with Gasteiger partial charge in [0.25, 0.3) is 11.8 Å². The van der Waals surface area contributed by atoms with Crippen LogP contribution in [0.2, 0.25) is 0 Å². The summed E-state index contributed by atoms with van der Waals surface area (Å²) in [4.78, 5) is 23.5. The maximum absolute atomic E-state index is 11.8. The van der Waals surface area contributed by atoms with Gasteiger partial charge in [-0.1, -0.05) is 12.1 Å². The van der Waals surface area contributed by atoms with Gasteiger partial charge in [-0.05, 0) is 42.8 Å². The molecule has 0 atom stereocenters. The summed E-state index contributed by atoms with van der Waals surface area (Å²) in [6.07, 6.45) is 2.20. The first-order valence-electron chi connectivity index (χ1n) is 7.09. The minimum Gasteiger partial charge on any atom is -0.459 e. The van der Waals surface area contributed by atoms with E-state index in [1.807, 2.05) is 0 Å². The number of nitrogens with one attached hydrogen (secondary N) is 2. The molecule has 2 aromatic rings. The van der Waals surface area contributed by atoms with E-state index in [1.54, 1.807) is 36.4 Å². The lowest BCUT2D eigenvalue weighted by Crippen LogP contribution is -2.26. The molecule has 0 bridgehead atoms. The van der Waals surface area contributed by atoms with Crippen LogP contribution in [0.5, 0.6) is 0 Å². The van der Waals surface area contributed by atoms with E-state index >= 15 is 0 Å². The van der Waals surface area contributed by atoms with Crippen LogP contribution in [0.15, 0.2) is 47.1 Å². The van der Waals surface area contributed by atoms with E-state index in [4.69, 9.17) is 10.2 Å². The number of benzene rings is 1. The molecule has 0 saturated heterocycles. The first-order valence-corrected chi connectivity index (χ1v) is 7.09. The fraction of sp³-hybridized carbons (Fsp3) is 0.250. The van der Waals surface area contributed by atoms with E-state index < -0.39 is 0 Å². The Hall–Kier alpha value is -2.60. The molecule has 0 saturated carbocycles. The van der Waals surface area contributed by atoms with Crippen LogP contribution < -0.4 is 16.4 Å². The van der Waals surface area contributed by atoms with Gasteiger partial charge in [-0.25, -0.2) is 0 Å². The molecular weight excluding hydrogens is 282 g/mol. The zero-order valence-electron chi connectivity index (χ0n) is 12.2. The van der Waals surface area contributed by atoms with Gasteiger partial charge in [0.05, 0.1) is 6.26 Å². The zero-order valence-corrected chi connectivity index (χ0v) is 12.2. The molecular formula is C16H19N3O3. The van der Waals surface area contributed by atoms with E-state index in [2.05, 4.69) is 10.6 Å². The number of carbonyl (C=O) groups excluding carboxylic acids is 2. The first-order chi connectivity index (χ1) is 10.7. The summed E-state index contributed by atoms with van der Waals surface area (Å²) in [6, 6.07) is 10.3. The van der Waals surface area contributed by atoms with Crippen molar-refractivity contribution in [2.75, 3.05) is 13.1 Å². The molecule has 0 spiro atoms. The second-order valence-corrected chi connectivity index (χ2v) is 4.76. The lowest BCUT2D eigenvalue weighted by Gasteiger charge is -2.06. The molecule has 6 nitrogen and oxygen atoms in total. The molecule has 1 aromatic heterocycles. The van der Waals surface area contributed by atoms with Crippen molar-refractivity contribution < 1.29 is 14.0 Å². The zero-order chi connectivity index (χ0) is 15.8. The van der Waals surface area contributed by atoms with Crippen LogP contribution in [0.3, 0.4) is 0 Å². The molecule has 4 N–H and O–H groups in total. The molecule has 1 heterocycles. The topological polar surface area (TPSA) is 97.4 Å². The monoisotopic (exact) mass is 301 g/mol. The van der Waals surface area contributed by atoms with Gasteiger partial charge < -0.3 is 20.8 Å². The summed E-state index contributed by atoms with van der Waals surface area (Å²) >= 11 is 0. The van der Waals surface area contributed by atoms with Crippen molar-refractivity contribution in [3.8, 4) is 0 Å². The van der Waals surface area contributed by atoms with Crippen LogP contribution in [-0.2, 0) is 6.54 Å². The molecule has 0 aliphatic rings. The number of hydrogen-bond donors (Lipinski definition) is 3. The second-order valence-electron chi connectivity index (χ2n) is 4.76. The third-order valence-corrected chi connectivity index (χ3v) is 3.08. The Morgan fingerprint density at radius 3 is 2.45 bits per heavy atom. The number of rotatable bonds is 7. The lowest BCUT2D eigenvalue weighted by atomic mass is 10.1. The Kier molecular flexibility index (Phi) is 5.73. The van der Waals surface area contributed by atoms with Gasteiger partial charge in [0, 0.05) is 18.7 Å². The Balaban J connectivity index is 1.84. The fourth-order valence-corrected chi connectivity index (χ4v) is 1.86. The van der Waals surface area contributed by atoms with Gasteiger partial charge in [-0.3, -0.25) is 9.59 Å². The number of nitrogens with two attached hydrogens (primary N) is 1. The average molecular weight is 301 g/mol. The average Bonchev–Trinajstić information content (AvgIpc) is 3.08. The summed E-state index contributed by atoms with van der Waals surface area (Å²) < 4.78 is 5.01. The predicted molar refractivity (Wildman–Crippen MR) is 82.3 cm³/mol. The normalized spacial score (nSPS) is 10.2. The van der Waals surface area contributed by atoms with E-state index in [0.29, 0.717) is 25.2 Å². The Labute approximate surface area is 128 Å². The summed E-state index contributed by atoms with van der Waals surface area (Å²) in [7, 11) is 0.